The number of hydrogen-bond donors (Lipinski definition) is 2. The maximum Gasteiger partial charge on any atom is 0.407 e. The number of piperazine rings is 1. The van der Waals surface area contributed by atoms with Crippen molar-refractivity contribution in [2.75, 3.05) is 63.9 Å². The van der Waals surface area contributed by atoms with Crippen LogP contribution in [0.15, 0.2) is 0 Å². The lowest BCUT2D eigenvalue weighted by Gasteiger charge is -2.35. The molecule has 0 saturated carbocycles. The molecule has 154 valence electrons. The molecule has 2 saturated heterocycles. The molecule has 2 fully saturated rings. The van der Waals surface area contributed by atoms with E-state index >= 15 is 0 Å². The molecule has 1 unspecified atom stereocenters. The molecular formula is C18H27FN6O3. The Balaban J connectivity index is 1.44. The third kappa shape index (κ3) is 4.27. The van der Waals surface area contributed by atoms with Gasteiger partial charge in [-0.15, -0.1) is 0 Å². The maximum atomic E-state index is 13.3. The van der Waals surface area contributed by atoms with Crippen molar-refractivity contribution < 1.29 is 19.0 Å². The molecule has 4 rings (SSSR count). The van der Waals surface area contributed by atoms with E-state index in [1.807, 2.05) is 0 Å². The van der Waals surface area contributed by atoms with E-state index in [4.69, 9.17) is 9.84 Å². The number of aromatic nitrogens is 2. The molecule has 3 aliphatic heterocycles. The Kier molecular flexibility index (Phi) is 5.77. The number of anilines is 1. The highest BCUT2D eigenvalue weighted by molar-refractivity contribution is 5.65. The summed E-state index contributed by atoms with van der Waals surface area (Å²) in [5, 5.41) is 12.5. The van der Waals surface area contributed by atoms with Crippen LogP contribution in [0, 0.1) is 0 Å². The number of carbonyl (C=O) groups is 1. The van der Waals surface area contributed by atoms with E-state index in [9.17, 15) is 9.18 Å². The lowest BCUT2D eigenvalue weighted by Crippen LogP contribution is -2.49. The van der Waals surface area contributed by atoms with Crippen molar-refractivity contribution >= 4 is 11.9 Å². The van der Waals surface area contributed by atoms with Gasteiger partial charge < -0.3 is 25.0 Å². The van der Waals surface area contributed by atoms with Gasteiger partial charge in [0.15, 0.2) is 0 Å². The largest absolute Gasteiger partial charge is 0.465 e. The maximum absolute atomic E-state index is 13.3. The summed E-state index contributed by atoms with van der Waals surface area (Å²) in [6.45, 7) is 5.99. The summed E-state index contributed by atoms with van der Waals surface area (Å²) in [7, 11) is 0. The Labute approximate surface area is 163 Å². The van der Waals surface area contributed by atoms with Gasteiger partial charge in [-0.1, -0.05) is 0 Å². The Morgan fingerprint density at radius 3 is 2.79 bits per heavy atom. The Bertz CT molecular complexity index is 713. The van der Waals surface area contributed by atoms with E-state index in [1.54, 1.807) is 0 Å². The molecule has 1 aromatic rings. The van der Waals surface area contributed by atoms with Crippen molar-refractivity contribution in [3.8, 4) is 6.01 Å². The minimum Gasteiger partial charge on any atom is -0.465 e. The van der Waals surface area contributed by atoms with Crippen LogP contribution in [0.5, 0.6) is 6.01 Å². The van der Waals surface area contributed by atoms with E-state index in [0.717, 1.165) is 36.6 Å². The summed E-state index contributed by atoms with van der Waals surface area (Å²) < 4.78 is 19.1. The van der Waals surface area contributed by atoms with Gasteiger partial charge in [-0.2, -0.15) is 9.97 Å². The monoisotopic (exact) mass is 394 g/mol. The van der Waals surface area contributed by atoms with Gasteiger partial charge in [0.1, 0.15) is 18.6 Å². The first-order chi connectivity index (χ1) is 13.6. The third-order valence-corrected chi connectivity index (χ3v) is 5.60. The SMILES string of the molecule is O=C(O)N1CCN(c2nc(OCCN3CCC(F)C3)nc3c2CCNC3)CC1. The lowest BCUT2D eigenvalue weighted by molar-refractivity contribution is 0.142. The fraction of sp³-hybridized carbons (Fsp3) is 0.722. The minimum atomic E-state index is -0.880. The zero-order chi connectivity index (χ0) is 19.5. The zero-order valence-electron chi connectivity index (χ0n) is 15.9. The summed E-state index contributed by atoms with van der Waals surface area (Å²) in [4.78, 5) is 26.0. The number of amides is 1. The number of nitrogens with one attached hydrogen (secondary N) is 1. The van der Waals surface area contributed by atoms with Gasteiger partial charge in [0, 0.05) is 57.9 Å². The number of halogens is 1. The van der Waals surface area contributed by atoms with Crippen molar-refractivity contribution in [1.29, 1.82) is 0 Å². The van der Waals surface area contributed by atoms with Crippen molar-refractivity contribution in [3.63, 3.8) is 0 Å². The van der Waals surface area contributed by atoms with Crippen molar-refractivity contribution in [2.24, 2.45) is 0 Å². The fourth-order valence-electron chi connectivity index (χ4n) is 4.01. The lowest BCUT2D eigenvalue weighted by atomic mass is 10.1. The highest BCUT2D eigenvalue weighted by atomic mass is 19.1. The average molecular weight is 394 g/mol. The highest BCUT2D eigenvalue weighted by Gasteiger charge is 2.27. The first-order valence-corrected chi connectivity index (χ1v) is 9.92. The summed E-state index contributed by atoms with van der Waals surface area (Å²) in [5.74, 6) is 0.858. The first-order valence-electron chi connectivity index (χ1n) is 9.92. The molecule has 1 atom stereocenters. The van der Waals surface area contributed by atoms with Gasteiger partial charge >= 0.3 is 12.1 Å². The molecule has 3 aliphatic rings. The van der Waals surface area contributed by atoms with Gasteiger partial charge in [0.05, 0.1) is 5.69 Å². The van der Waals surface area contributed by atoms with Crippen LogP contribution in [0.25, 0.3) is 0 Å². The second-order valence-electron chi connectivity index (χ2n) is 7.47. The van der Waals surface area contributed by atoms with Gasteiger partial charge in [0.25, 0.3) is 0 Å². The van der Waals surface area contributed by atoms with E-state index in [0.29, 0.717) is 64.9 Å². The number of likely N-dealkylation sites (tertiary alicyclic amines) is 1. The predicted molar refractivity (Wildman–Crippen MR) is 101 cm³/mol. The van der Waals surface area contributed by atoms with E-state index < -0.39 is 12.3 Å². The van der Waals surface area contributed by atoms with Crippen LogP contribution in [0.3, 0.4) is 0 Å². The topological polar surface area (TPSA) is 94.1 Å². The van der Waals surface area contributed by atoms with Crippen LogP contribution < -0.4 is 15.0 Å². The Hall–Kier alpha value is -2.20. The van der Waals surface area contributed by atoms with E-state index in [1.165, 1.54) is 4.90 Å². The third-order valence-electron chi connectivity index (χ3n) is 5.60. The molecular weight excluding hydrogens is 367 g/mol. The number of rotatable bonds is 5. The molecule has 0 spiro atoms. The van der Waals surface area contributed by atoms with Crippen molar-refractivity contribution in [3.05, 3.63) is 11.3 Å². The summed E-state index contributed by atoms with van der Waals surface area (Å²) in [6, 6.07) is 0.342. The summed E-state index contributed by atoms with van der Waals surface area (Å²) >= 11 is 0. The first kappa shape index (κ1) is 19.1. The Morgan fingerprint density at radius 1 is 1.25 bits per heavy atom. The molecule has 9 nitrogen and oxygen atoms in total. The zero-order valence-corrected chi connectivity index (χ0v) is 15.9. The minimum absolute atomic E-state index is 0.342. The fourth-order valence-corrected chi connectivity index (χ4v) is 4.01. The molecule has 0 aromatic carbocycles. The van der Waals surface area contributed by atoms with Crippen molar-refractivity contribution in [1.82, 2.24) is 25.1 Å². The van der Waals surface area contributed by atoms with Crippen LogP contribution in [0.4, 0.5) is 15.0 Å². The van der Waals surface area contributed by atoms with Crippen LogP contribution >= 0.6 is 0 Å². The molecule has 4 heterocycles. The molecule has 28 heavy (non-hydrogen) atoms. The molecule has 1 aromatic heterocycles. The number of alkyl halides is 1. The summed E-state index contributed by atoms with van der Waals surface area (Å²) in [5.41, 5.74) is 2.06. The molecule has 2 N–H and O–H groups in total. The molecule has 0 bridgehead atoms. The van der Waals surface area contributed by atoms with Crippen LogP contribution in [0.1, 0.15) is 17.7 Å². The van der Waals surface area contributed by atoms with Crippen LogP contribution in [-0.2, 0) is 13.0 Å². The molecule has 10 heteroatoms. The predicted octanol–water partition coefficient (Wildman–Crippen LogP) is 0.345. The number of nitrogens with zero attached hydrogens (tertiary/aromatic N) is 5. The van der Waals surface area contributed by atoms with Gasteiger partial charge in [-0.05, 0) is 19.4 Å². The highest BCUT2D eigenvalue weighted by Crippen LogP contribution is 2.27. The number of fused-ring (bicyclic) bond motifs is 1. The molecule has 0 radical (unpaired) electrons. The van der Waals surface area contributed by atoms with E-state index in [-0.39, 0.29) is 0 Å². The normalized spacial score (nSPS) is 23.0. The number of carboxylic acid groups (broad SMARTS) is 1. The smallest absolute Gasteiger partial charge is 0.407 e. The average Bonchev–Trinajstić information content (AvgIpc) is 3.12. The van der Waals surface area contributed by atoms with Crippen LogP contribution in [-0.4, -0.2) is 96.1 Å². The number of hydrogen-bond acceptors (Lipinski definition) is 7. The molecule has 1 amide bonds. The second-order valence-corrected chi connectivity index (χ2v) is 7.47. The van der Waals surface area contributed by atoms with Crippen LogP contribution in [0.2, 0.25) is 0 Å². The summed E-state index contributed by atoms with van der Waals surface area (Å²) in [6.07, 6.45) is -0.180. The Morgan fingerprint density at radius 2 is 2.07 bits per heavy atom. The van der Waals surface area contributed by atoms with E-state index in [2.05, 4.69) is 25.1 Å². The van der Waals surface area contributed by atoms with Gasteiger partial charge in [-0.25, -0.2) is 9.18 Å². The van der Waals surface area contributed by atoms with Crippen molar-refractivity contribution in [2.45, 2.75) is 25.6 Å². The van der Waals surface area contributed by atoms with Gasteiger partial charge in [-0.3, -0.25) is 4.90 Å². The number of ether oxygens (including phenoxy) is 1. The second kappa shape index (κ2) is 8.44. The quantitative estimate of drug-likeness (QED) is 0.739. The van der Waals surface area contributed by atoms with Gasteiger partial charge in [0.2, 0.25) is 0 Å². The standard InChI is InChI=1S/C18H27FN6O3/c19-13-2-4-23(12-13)9-10-28-17-21-15-11-20-3-1-14(15)16(22-17)24-5-7-25(8-6-24)18(26)27/h13,20H,1-12H2,(H,26,27). The molecule has 0 aliphatic carbocycles.